The van der Waals surface area contributed by atoms with Gasteiger partial charge in [-0.3, -0.25) is 0 Å². The number of nitrogens with zero attached hydrogens (tertiary/aromatic N) is 3. The summed E-state index contributed by atoms with van der Waals surface area (Å²) < 4.78 is 39.2. The third-order valence-corrected chi connectivity index (χ3v) is 6.21. The molecular formula is C19H24N4O4S. The van der Waals surface area contributed by atoms with Crippen LogP contribution in [0.2, 0.25) is 0 Å². The highest BCUT2D eigenvalue weighted by Crippen LogP contribution is 2.31. The van der Waals surface area contributed by atoms with Crippen LogP contribution < -0.4 is 19.1 Å². The lowest BCUT2D eigenvalue weighted by molar-refractivity contribution is 0.297. The zero-order valence-corrected chi connectivity index (χ0v) is 16.5. The Kier molecular flexibility index (Phi) is 5.63. The van der Waals surface area contributed by atoms with Gasteiger partial charge >= 0.3 is 0 Å². The van der Waals surface area contributed by atoms with Crippen LogP contribution in [0, 0.1) is 0 Å². The van der Waals surface area contributed by atoms with Crippen molar-refractivity contribution in [2.75, 3.05) is 31.2 Å². The van der Waals surface area contributed by atoms with Crippen LogP contribution in [-0.4, -0.2) is 44.7 Å². The van der Waals surface area contributed by atoms with Gasteiger partial charge in [0.15, 0.2) is 11.5 Å². The van der Waals surface area contributed by atoms with E-state index >= 15 is 0 Å². The standard InChI is InChI=1S/C19H24N4O4S/c24-28(25,16-5-6-17-18(13-16)27-12-4-11-26-17)21-14-15-7-8-20-19(22-15)23-9-2-1-3-10-23/h5-8,13,21H,1-4,9-12,14H2. The van der Waals surface area contributed by atoms with E-state index in [-0.39, 0.29) is 11.4 Å². The molecule has 8 nitrogen and oxygen atoms in total. The quantitative estimate of drug-likeness (QED) is 0.816. The number of hydrogen-bond acceptors (Lipinski definition) is 7. The molecule has 1 aromatic carbocycles. The molecule has 0 amide bonds. The van der Waals surface area contributed by atoms with Crippen molar-refractivity contribution in [3.63, 3.8) is 0 Å². The summed E-state index contributed by atoms with van der Waals surface area (Å²) in [6.07, 6.45) is 5.93. The van der Waals surface area contributed by atoms with E-state index in [1.807, 2.05) is 0 Å². The average Bonchev–Trinajstić information content (AvgIpc) is 2.98. The fraction of sp³-hybridized carbons (Fsp3) is 0.474. The fourth-order valence-corrected chi connectivity index (χ4v) is 4.31. The first-order valence-corrected chi connectivity index (χ1v) is 11.1. The van der Waals surface area contributed by atoms with Crippen LogP contribution in [0.5, 0.6) is 11.5 Å². The first-order chi connectivity index (χ1) is 13.6. The van der Waals surface area contributed by atoms with Gasteiger partial charge in [-0.1, -0.05) is 0 Å². The molecule has 0 aliphatic carbocycles. The van der Waals surface area contributed by atoms with E-state index in [2.05, 4.69) is 19.6 Å². The Morgan fingerprint density at radius 1 is 1.00 bits per heavy atom. The van der Waals surface area contributed by atoms with Gasteiger partial charge in [-0.15, -0.1) is 0 Å². The van der Waals surface area contributed by atoms with Crippen molar-refractivity contribution in [2.45, 2.75) is 37.1 Å². The summed E-state index contributed by atoms with van der Waals surface area (Å²) in [4.78, 5) is 11.1. The van der Waals surface area contributed by atoms with Crippen LogP contribution in [-0.2, 0) is 16.6 Å². The molecule has 0 radical (unpaired) electrons. The number of hydrogen-bond donors (Lipinski definition) is 1. The van der Waals surface area contributed by atoms with Gasteiger partial charge < -0.3 is 14.4 Å². The van der Waals surface area contributed by atoms with Gasteiger partial charge in [0.2, 0.25) is 16.0 Å². The Bertz CT molecular complexity index is 929. The number of anilines is 1. The molecule has 3 heterocycles. The summed E-state index contributed by atoms with van der Waals surface area (Å²) in [5.74, 6) is 1.68. The van der Waals surface area contributed by atoms with E-state index in [1.165, 1.54) is 18.6 Å². The first kappa shape index (κ1) is 18.9. The molecule has 0 unspecified atom stereocenters. The second-order valence-corrected chi connectivity index (χ2v) is 8.65. The topological polar surface area (TPSA) is 93.7 Å². The van der Waals surface area contributed by atoms with E-state index in [0.29, 0.717) is 36.4 Å². The zero-order valence-electron chi connectivity index (χ0n) is 15.6. The minimum absolute atomic E-state index is 0.0974. The maximum atomic E-state index is 12.7. The molecular weight excluding hydrogens is 380 g/mol. The van der Waals surface area contributed by atoms with Crippen LogP contribution in [0.4, 0.5) is 5.95 Å². The van der Waals surface area contributed by atoms with Crippen molar-refractivity contribution < 1.29 is 17.9 Å². The number of piperidine rings is 1. The summed E-state index contributed by atoms with van der Waals surface area (Å²) in [5.41, 5.74) is 0.633. The highest BCUT2D eigenvalue weighted by atomic mass is 32.2. The van der Waals surface area contributed by atoms with Crippen molar-refractivity contribution in [3.8, 4) is 11.5 Å². The van der Waals surface area contributed by atoms with Crippen LogP contribution in [0.15, 0.2) is 35.4 Å². The maximum absolute atomic E-state index is 12.7. The Morgan fingerprint density at radius 3 is 2.61 bits per heavy atom. The largest absolute Gasteiger partial charge is 0.490 e. The molecule has 0 atom stereocenters. The van der Waals surface area contributed by atoms with E-state index in [4.69, 9.17) is 9.47 Å². The van der Waals surface area contributed by atoms with Gasteiger partial charge in [0.05, 0.1) is 30.3 Å². The number of nitrogens with one attached hydrogen (secondary N) is 1. The Morgan fingerprint density at radius 2 is 1.79 bits per heavy atom. The van der Waals surface area contributed by atoms with Crippen molar-refractivity contribution in [1.29, 1.82) is 0 Å². The van der Waals surface area contributed by atoms with E-state index in [9.17, 15) is 8.42 Å². The van der Waals surface area contributed by atoms with Crippen LogP contribution in [0.1, 0.15) is 31.4 Å². The van der Waals surface area contributed by atoms with E-state index in [0.717, 1.165) is 32.4 Å². The summed E-state index contributed by atoms with van der Waals surface area (Å²) in [7, 11) is -3.70. The average molecular weight is 404 g/mol. The van der Waals surface area contributed by atoms with Gasteiger partial charge in [0.25, 0.3) is 0 Å². The summed E-state index contributed by atoms with van der Waals surface area (Å²) in [6, 6.07) is 6.38. The van der Waals surface area contributed by atoms with Crippen molar-refractivity contribution in [2.24, 2.45) is 0 Å². The molecule has 1 N–H and O–H groups in total. The molecule has 1 aromatic heterocycles. The lowest BCUT2D eigenvalue weighted by Crippen LogP contribution is -2.31. The molecule has 150 valence electrons. The Labute approximate surface area is 164 Å². The van der Waals surface area contributed by atoms with Gasteiger partial charge in [0.1, 0.15) is 0 Å². The highest BCUT2D eigenvalue weighted by molar-refractivity contribution is 7.89. The summed E-state index contributed by atoms with van der Waals surface area (Å²) >= 11 is 0. The minimum Gasteiger partial charge on any atom is -0.490 e. The molecule has 9 heteroatoms. The summed E-state index contributed by atoms with van der Waals surface area (Å²) in [6.45, 7) is 3.04. The molecule has 28 heavy (non-hydrogen) atoms. The predicted octanol–water partition coefficient (Wildman–Crippen LogP) is 2.11. The Hall–Kier alpha value is -2.39. The SMILES string of the molecule is O=S(=O)(NCc1ccnc(N2CCCCC2)n1)c1ccc2c(c1)OCCCO2. The molecule has 1 fully saturated rings. The van der Waals surface area contributed by atoms with Gasteiger partial charge in [-0.25, -0.2) is 23.1 Å². The summed E-state index contributed by atoms with van der Waals surface area (Å²) in [5, 5.41) is 0. The van der Waals surface area contributed by atoms with Crippen LogP contribution in [0.3, 0.4) is 0 Å². The van der Waals surface area contributed by atoms with E-state index in [1.54, 1.807) is 18.3 Å². The first-order valence-electron chi connectivity index (χ1n) is 9.58. The van der Waals surface area contributed by atoms with Crippen LogP contribution in [0.25, 0.3) is 0 Å². The number of fused-ring (bicyclic) bond motifs is 1. The molecule has 0 bridgehead atoms. The number of aromatic nitrogens is 2. The smallest absolute Gasteiger partial charge is 0.241 e. The second-order valence-electron chi connectivity index (χ2n) is 6.88. The second kappa shape index (κ2) is 8.32. The van der Waals surface area contributed by atoms with Crippen molar-refractivity contribution in [3.05, 3.63) is 36.2 Å². The molecule has 2 aliphatic rings. The molecule has 1 saturated heterocycles. The normalized spacial score (nSPS) is 17.2. The number of benzene rings is 1. The van der Waals surface area contributed by atoms with Crippen molar-refractivity contribution >= 4 is 16.0 Å². The zero-order chi connectivity index (χ0) is 19.4. The highest BCUT2D eigenvalue weighted by Gasteiger charge is 2.19. The van der Waals surface area contributed by atoms with Crippen LogP contribution >= 0.6 is 0 Å². The van der Waals surface area contributed by atoms with Gasteiger partial charge in [-0.05, 0) is 37.5 Å². The number of rotatable bonds is 5. The fourth-order valence-electron chi connectivity index (χ4n) is 3.29. The number of sulfonamides is 1. The molecule has 0 saturated carbocycles. The third kappa shape index (κ3) is 4.36. The third-order valence-electron chi connectivity index (χ3n) is 4.81. The lowest BCUT2D eigenvalue weighted by Gasteiger charge is -2.26. The monoisotopic (exact) mass is 404 g/mol. The molecule has 0 spiro atoms. The molecule has 2 aliphatic heterocycles. The Balaban J connectivity index is 1.46. The van der Waals surface area contributed by atoms with E-state index < -0.39 is 10.0 Å². The predicted molar refractivity (Wildman–Crippen MR) is 104 cm³/mol. The molecule has 2 aromatic rings. The molecule has 4 rings (SSSR count). The van der Waals surface area contributed by atoms with Crippen molar-refractivity contribution in [1.82, 2.24) is 14.7 Å². The maximum Gasteiger partial charge on any atom is 0.241 e. The lowest BCUT2D eigenvalue weighted by atomic mass is 10.1. The number of ether oxygens (including phenoxy) is 2. The minimum atomic E-state index is -3.70. The van der Waals surface area contributed by atoms with Gasteiger partial charge in [0, 0.05) is 31.8 Å². The van der Waals surface area contributed by atoms with Gasteiger partial charge in [-0.2, -0.15) is 0 Å².